The van der Waals surface area contributed by atoms with Crippen molar-refractivity contribution in [2.45, 2.75) is 44.6 Å². The van der Waals surface area contributed by atoms with Crippen LogP contribution >= 0.6 is 24.8 Å². The number of pyridine rings is 1. The van der Waals surface area contributed by atoms with Gasteiger partial charge in [0.1, 0.15) is 5.82 Å². The second kappa shape index (κ2) is 9.44. The first kappa shape index (κ1) is 21.0. The van der Waals surface area contributed by atoms with Gasteiger partial charge in [-0.3, -0.25) is 4.79 Å². The van der Waals surface area contributed by atoms with E-state index in [-0.39, 0.29) is 42.2 Å². The fourth-order valence-corrected chi connectivity index (χ4v) is 3.71. The fraction of sp³-hybridized carbons (Fsp3) is 0.647. The van der Waals surface area contributed by atoms with Crippen LogP contribution in [0, 0.1) is 5.41 Å². The Labute approximate surface area is 156 Å². The molecule has 0 unspecified atom stereocenters. The molecule has 1 saturated carbocycles. The molecular weight excluding hydrogens is 347 g/mol. The minimum absolute atomic E-state index is 0. The smallest absolute Gasteiger partial charge is 0.227 e. The molecule has 0 bridgehead atoms. The number of carbonyl (C=O) groups excluding carboxylic acids is 1. The van der Waals surface area contributed by atoms with Crippen LogP contribution in [0.2, 0.25) is 0 Å². The van der Waals surface area contributed by atoms with E-state index >= 15 is 0 Å². The summed E-state index contributed by atoms with van der Waals surface area (Å²) >= 11 is 0. The SMILES string of the molecule is Cl.Cl.NCC1(C(=O)NC2CCN(c3ccccn3)CC2)CCCC1. The van der Waals surface area contributed by atoms with Crippen LogP contribution in [0.3, 0.4) is 0 Å². The quantitative estimate of drug-likeness (QED) is 0.849. The van der Waals surface area contributed by atoms with E-state index in [0.29, 0.717) is 6.54 Å². The van der Waals surface area contributed by atoms with Crippen molar-refractivity contribution in [2.75, 3.05) is 24.5 Å². The molecule has 1 aromatic heterocycles. The Balaban J connectivity index is 0.00000144. The third-order valence-electron chi connectivity index (χ3n) is 5.24. The molecule has 24 heavy (non-hydrogen) atoms. The molecule has 2 aliphatic rings. The minimum atomic E-state index is -0.294. The first-order chi connectivity index (χ1) is 10.7. The fourth-order valence-electron chi connectivity index (χ4n) is 3.71. The summed E-state index contributed by atoms with van der Waals surface area (Å²) in [5, 5.41) is 3.26. The monoisotopic (exact) mass is 374 g/mol. The maximum absolute atomic E-state index is 12.6. The Hall–Kier alpha value is -1.04. The Morgan fingerprint density at radius 3 is 2.46 bits per heavy atom. The van der Waals surface area contributed by atoms with Crippen molar-refractivity contribution >= 4 is 36.5 Å². The highest BCUT2D eigenvalue weighted by molar-refractivity contribution is 5.85. The van der Waals surface area contributed by atoms with Crippen molar-refractivity contribution in [3.8, 4) is 0 Å². The van der Waals surface area contributed by atoms with Crippen molar-refractivity contribution in [3.05, 3.63) is 24.4 Å². The van der Waals surface area contributed by atoms with Gasteiger partial charge >= 0.3 is 0 Å². The highest BCUT2D eigenvalue weighted by Crippen LogP contribution is 2.37. The largest absolute Gasteiger partial charge is 0.356 e. The van der Waals surface area contributed by atoms with Crippen LogP contribution in [0.15, 0.2) is 24.4 Å². The van der Waals surface area contributed by atoms with Crippen LogP contribution in [0.1, 0.15) is 38.5 Å². The molecule has 1 saturated heterocycles. The first-order valence-electron chi connectivity index (χ1n) is 8.40. The lowest BCUT2D eigenvalue weighted by molar-refractivity contribution is -0.131. The van der Waals surface area contributed by atoms with Gasteiger partial charge in [-0.05, 0) is 37.8 Å². The van der Waals surface area contributed by atoms with Crippen LogP contribution in [0.5, 0.6) is 0 Å². The number of nitrogens with zero attached hydrogens (tertiary/aromatic N) is 2. The predicted octanol–water partition coefficient (Wildman–Crippen LogP) is 2.53. The summed E-state index contributed by atoms with van der Waals surface area (Å²) in [7, 11) is 0. The Kier molecular flexibility index (Phi) is 8.27. The predicted molar refractivity (Wildman–Crippen MR) is 102 cm³/mol. The summed E-state index contributed by atoms with van der Waals surface area (Å²) in [6, 6.07) is 6.27. The minimum Gasteiger partial charge on any atom is -0.356 e. The molecule has 2 heterocycles. The average Bonchev–Trinajstić information content (AvgIpc) is 3.07. The lowest BCUT2D eigenvalue weighted by atomic mass is 9.84. The number of anilines is 1. The number of halogens is 2. The number of hydrogen-bond donors (Lipinski definition) is 2. The van der Waals surface area contributed by atoms with E-state index in [1.807, 2.05) is 24.4 Å². The van der Waals surface area contributed by atoms with Gasteiger partial charge in [-0.2, -0.15) is 0 Å². The van der Waals surface area contributed by atoms with E-state index in [2.05, 4.69) is 15.2 Å². The van der Waals surface area contributed by atoms with Crippen molar-refractivity contribution in [1.82, 2.24) is 10.3 Å². The van der Waals surface area contributed by atoms with Gasteiger partial charge in [-0.1, -0.05) is 18.9 Å². The van der Waals surface area contributed by atoms with Gasteiger partial charge in [0.15, 0.2) is 0 Å². The van der Waals surface area contributed by atoms with Crippen LogP contribution in [0.25, 0.3) is 0 Å². The molecule has 0 aromatic carbocycles. The van der Waals surface area contributed by atoms with Gasteiger partial charge in [0.25, 0.3) is 0 Å². The molecule has 2 fully saturated rings. The van der Waals surface area contributed by atoms with Gasteiger partial charge in [0.05, 0.1) is 5.41 Å². The number of rotatable bonds is 4. The van der Waals surface area contributed by atoms with E-state index in [1.54, 1.807) is 0 Å². The summed E-state index contributed by atoms with van der Waals surface area (Å²) in [5.74, 6) is 1.21. The number of aromatic nitrogens is 1. The van der Waals surface area contributed by atoms with E-state index in [1.165, 1.54) is 0 Å². The Morgan fingerprint density at radius 1 is 1.25 bits per heavy atom. The molecule has 0 radical (unpaired) electrons. The molecule has 3 rings (SSSR count). The molecule has 0 atom stereocenters. The summed E-state index contributed by atoms with van der Waals surface area (Å²) in [5.41, 5.74) is 5.60. The average molecular weight is 375 g/mol. The van der Waals surface area contributed by atoms with Crippen molar-refractivity contribution < 1.29 is 4.79 Å². The van der Waals surface area contributed by atoms with Gasteiger partial charge in [-0.15, -0.1) is 24.8 Å². The van der Waals surface area contributed by atoms with Gasteiger partial charge in [0, 0.05) is 31.9 Å². The molecule has 7 heteroatoms. The topological polar surface area (TPSA) is 71.2 Å². The molecule has 5 nitrogen and oxygen atoms in total. The molecule has 3 N–H and O–H groups in total. The maximum Gasteiger partial charge on any atom is 0.227 e. The highest BCUT2D eigenvalue weighted by Gasteiger charge is 2.40. The number of nitrogens with two attached hydrogens (primary N) is 1. The normalized spacial score (nSPS) is 20.0. The van der Waals surface area contributed by atoms with Crippen LogP contribution in [-0.2, 0) is 4.79 Å². The summed E-state index contributed by atoms with van der Waals surface area (Å²) in [4.78, 5) is 19.3. The zero-order valence-electron chi connectivity index (χ0n) is 13.9. The lowest BCUT2D eigenvalue weighted by Gasteiger charge is -2.35. The third-order valence-corrected chi connectivity index (χ3v) is 5.24. The van der Waals surface area contributed by atoms with Crippen LogP contribution in [0.4, 0.5) is 5.82 Å². The molecule has 1 aliphatic carbocycles. The third kappa shape index (κ3) is 4.52. The number of piperidine rings is 1. The van der Waals surface area contributed by atoms with Crippen molar-refractivity contribution in [3.63, 3.8) is 0 Å². The molecule has 1 aromatic rings. The van der Waals surface area contributed by atoms with E-state index in [9.17, 15) is 4.79 Å². The van der Waals surface area contributed by atoms with E-state index in [4.69, 9.17) is 5.73 Å². The molecule has 0 spiro atoms. The zero-order valence-corrected chi connectivity index (χ0v) is 15.6. The van der Waals surface area contributed by atoms with Crippen molar-refractivity contribution in [1.29, 1.82) is 0 Å². The Morgan fingerprint density at radius 2 is 1.92 bits per heavy atom. The van der Waals surface area contributed by atoms with Crippen LogP contribution in [-0.4, -0.2) is 36.6 Å². The molecule has 136 valence electrons. The second-order valence-corrected chi connectivity index (χ2v) is 6.61. The number of carbonyl (C=O) groups is 1. The van der Waals surface area contributed by atoms with Gasteiger partial charge < -0.3 is 16.0 Å². The standard InChI is InChI=1S/C17H26N4O.2ClH/c18-13-17(8-2-3-9-17)16(22)20-14-6-11-21(12-7-14)15-5-1-4-10-19-15;;/h1,4-5,10,14H,2-3,6-9,11-13,18H2,(H,20,22);2*1H. The summed E-state index contributed by atoms with van der Waals surface area (Å²) in [6.07, 6.45) is 7.93. The Bertz CT molecular complexity index is 501. The van der Waals surface area contributed by atoms with Gasteiger partial charge in [0.2, 0.25) is 5.91 Å². The molecule has 1 aliphatic heterocycles. The second-order valence-electron chi connectivity index (χ2n) is 6.61. The first-order valence-corrected chi connectivity index (χ1v) is 8.40. The maximum atomic E-state index is 12.6. The highest BCUT2D eigenvalue weighted by atomic mass is 35.5. The zero-order chi connectivity index (χ0) is 15.4. The lowest BCUT2D eigenvalue weighted by Crippen LogP contribution is -2.51. The molecule has 1 amide bonds. The number of hydrogen-bond acceptors (Lipinski definition) is 4. The summed E-state index contributed by atoms with van der Waals surface area (Å²) in [6.45, 7) is 2.36. The number of amides is 1. The molecular formula is C17H28Cl2N4O. The van der Waals surface area contributed by atoms with Crippen LogP contribution < -0.4 is 16.0 Å². The summed E-state index contributed by atoms with van der Waals surface area (Å²) < 4.78 is 0. The van der Waals surface area contributed by atoms with Gasteiger partial charge in [-0.25, -0.2) is 4.98 Å². The van der Waals surface area contributed by atoms with Crippen molar-refractivity contribution in [2.24, 2.45) is 11.1 Å². The van der Waals surface area contributed by atoms with E-state index < -0.39 is 0 Å². The number of nitrogens with one attached hydrogen (secondary N) is 1. The van der Waals surface area contributed by atoms with E-state index in [0.717, 1.165) is 57.4 Å².